The zero-order valence-corrected chi connectivity index (χ0v) is 14.0. The molecule has 0 N–H and O–H groups in total. The molecule has 0 bridgehead atoms. The highest BCUT2D eigenvalue weighted by atomic mass is 17.2. The topological polar surface area (TPSA) is 61.8 Å². The second kappa shape index (κ2) is 11.5. The average Bonchev–Trinajstić information content (AvgIpc) is 2.58. The second-order valence-electron chi connectivity index (χ2n) is 5.41. The number of carbonyl (C=O) groups excluding carboxylic acids is 2. The molecule has 0 saturated carbocycles. The van der Waals surface area contributed by atoms with Crippen molar-refractivity contribution >= 4 is 12.1 Å². The number of carbonyl (C=O) groups is 2. The van der Waals surface area contributed by atoms with Crippen LogP contribution in [0.25, 0.3) is 0 Å². The Morgan fingerprint density at radius 2 is 1.57 bits per heavy atom. The van der Waals surface area contributed by atoms with Crippen LogP contribution in [0, 0.1) is 0 Å². The largest absolute Gasteiger partial charge is 0.549 e. The van der Waals surface area contributed by atoms with Gasteiger partial charge in [0.25, 0.3) is 0 Å². The minimum atomic E-state index is -0.991. The van der Waals surface area contributed by atoms with Crippen molar-refractivity contribution in [2.75, 3.05) is 6.61 Å². The third-order valence-electron chi connectivity index (χ3n) is 3.41. The first-order valence-electron chi connectivity index (χ1n) is 8.32. The number of hydrogen-bond acceptors (Lipinski definition) is 5. The van der Waals surface area contributed by atoms with E-state index in [-0.39, 0.29) is 6.61 Å². The fourth-order valence-corrected chi connectivity index (χ4v) is 2.02. The van der Waals surface area contributed by atoms with E-state index >= 15 is 0 Å². The molecule has 0 heterocycles. The van der Waals surface area contributed by atoms with Gasteiger partial charge in [0.1, 0.15) is 0 Å². The summed E-state index contributed by atoms with van der Waals surface area (Å²) < 4.78 is 4.80. The summed E-state index contributed by atoms with van der Waals surface area (Å²) in [6, 6.07) is 7.07. The first kappa shape index (κ1) is 19.0. The van der Waals surface area contributed by atoms with Gasteiger partial charge in [-0.1, -0.05) is 51.7 Å². The van der Waals surface area contributed by atoms with Gasteiger partial charge in [-0.05, 0) is 37.0 Å². The normalized spacial score (nSPS) is 10.2. The molecule has 0 aliphatic rings. The minimum Gasteiger partial charge on any atom is -0.432 e. The third kappa shape index (κ3) is 8.24. The monoisotopic (exact) mass is 322 g/mol. The standard InChI is InChI=1S/C18H26O5/c1-3-5-7-8-14-21-18(20)23-22-17(19)16-12-10-15(11-13-16)9-6-4-2/h10-13H,3-9,14H2,1-2H3. The molecule has 23 heavy (non-hydrogen) atoms. The Hall–Kier alpha value is -2.04. The van der Waals surface area contributed by atoms with E-state index in [1.807, 2.05) is 12.1 Å². The predicted molar refractivity (Wildman–Crippen MR) is 87.0 cm³/mol. The van der Waals surface area contributed by atoms with Gasteiger partial charge in [-0.15, -0.1) is 0 Å². The Morgan fingerprint density at radius 1 is 0.870 bits per heavy atom. The molecule has 1 aromatic rings. The Balaban J connectivity index is 2.26. The molecule has 0 aliphatic carbocycles. The van der Waals surface area contributed by atoms with Crippen LogP contribution in [0.5, 0.6) is 0 Å². The van der Waals surface area contributed by atoms with E-state index in [1.54, 1.807) is 12.1 Å². The Morgan fingerprint density at radius 3 is 2.22 bits per heavy atom. The lowest BCUT2D eigenvalue weighted by Gasteiger charge is -2.05. The maximum Gasteiger partial charge on any atom is 0.549 e. The van der Waals surface area contributed by atoms with Crippen LogP contribution in [-0.2, 0) is 20.9 Å². The Bertz CT molecular complexity index is 467. The molecular weight excluding hydrogens is 296 g/mol. The number of benzene rings is 1. The SMILES string of the molecule is CCCCCCOC(=O)OOC(=O)c1ccc(CCCC)cc1. The van der Waals surface area contributed by atoms with Gasteiger partial charge >= 0.3 is 12.1 Å². The maximum absolute atomic E-state index is 11.7. The van der Waals surface area contributed by atoms with Crippen LogP contribution in [0.2, 0.25) is 0 Å². The molecule has 0 aromatic heterocycles. The maximum atomic E-state index is 11.7. The molecule has 0 spiro atoms. The lowest BCUT2D eigenvalue weighted by molar-refractivity contribution is -0.203. The molecule has 0 radical (unpaired) electrons. The molecule has 0 unspecified atom stereocenters. The second-order valence-corrected chi connectivity index (χ2v) is 5.41. The summed E-state index contributed by atoms with van der Waals surface area (Å²) in [6.07, 6.45) is 6.20. The minimum absolute atomic E-state index is 0.266. The van der Waals surface area contributed by atoms with Gasteiger partial charge < -0.3 is 4.74 Å². The molecule has 0 atom stereocenters. The van der Waals surface area contributed by atoms with Gasteiger partial charge in [0.15, 0.2) is 0 Å². The van der Waals surface area contributed by atoms with Gasteiger partial charge in [0.05, 0.1) is 12.2 Å². The Labute approximate surface area is 137 Å². The number of unbranched alkanes of at least 4 members (excludes halogenated alkanes) is 4. The van der Waals surface area contributed by atoms with Crippen molar-refractivity contribution in [1.29, 1.82) is 0 Å². The molecule has 0 saturated heterocycles. The number of ether oxygens (including phenoxy) is 1. The first-order valence-corrected chi connectivity index (χ1v) is 8.32. The van der Waals surface area contributed by atoms with Gasteiger partial charge in [-0.2, -0.15) is 4.79 Å². The van der Waals surface area contributed by atoms with Gasteiger partial charge in [-0.3, -0.25) is 0 Å². The van der Waals surface area contributed by atoms with Crippen LogP contribution in [0.4, 0.5) is 4.79 Å². The zero-order chi connectivity index (χ0) is 16.9. The van der Waals surface area contributed by atoms with Crippen molar-refractivity contribution in [3.63, 3.8) is 0 Å². The summed E-state index contributed by atoms with van der Waals surface area (Å²) >= 11 is 0. The van der Waals surface area contributed by atoms with Crippen molar-refractivity contribution in [3.8, 4) is 0 Å². The lowest BCUT2D eigenvalue weighted by Crippen LogP contribution is -2.13. The summed E-state index contributed by atoms with van der Waals surface area (Å²) in [5, 5.41) is 0. The molecule has 128 valence electrons. The van der Waals surface area contributed by atoms with Crippen LogP contribution in [0.1, 0.15) is 68.3 Å². The van der Waals surface area contributed by atoms with E-state index in [4.69, 9.17) is 4.74 Å². The van der Waals surface area contributed by atoms with Crippen LogP contribution in [0.15, 0.2) is 24.3 Å². The van der Waals surface area contributed by atoms with Crippen molar-refractivity contribution in [2.45, 2.75) is 58.8 Å². The van der Waals surface area contributed by atoms with Crippen LogP contribution in [0.3, 0.4) is 0 Å². The highest BCUT2D eigenvalue weighted by molar-refractivity contribution is 5.89. The molecule has 0 aliphatic heterocycles. The highest BCUT2D eigenvalue weighted by Gasteiger charge is 2.13. The van der Waals surface area contributed by atoms with E-state index in [1.165, 1.54) is 0 Å². The summed E-state index contributed by atoms with van der Waals surface area (Å²) in [5.41, 5.74) is 1.50. The fraction of sp³-hybridized carbons (Fsp3) is 0.556. The molecular formula is C18H26O5. The van der Waals surface area contributed by atoms with Gasteiger partial charge in [0, 0.05) is 0 Å². The van der Waals surface area contributed by atoms with E-state index in [9.17, 15) is 9.59 Å². The zero-order valence-electron chi connectivity index (χ0n) is 14.0. The van der Waals surface area contributed by atoms with Crippen LogP contribution < -0.4 is 0 Å². The third-order valence-corrected chi connectivity index (χ3v) is 3.41. The van der Waals surface area contributed by atoms with Crippen molar-refractivity contribution in [1.82, 2.24) is 0 Å². The number of aryl methyl sites for hydroxylation is 1. The van der Waals surface area contributed by atoms with Crippen molar-refractivity contribution < 1.29 is 24.1 Å². The van der Waals surface area contributed by atoms with Crippen LogP contribution in [-0.4, -0.2) is 18.7 Å². The lowest BCUT2D eigenvalue weighted by atomic mass is 10.1. The summed E-state index contributed by atoms with van der Waals surface area (Å²) in [5.74, 6) is -0.713. The summed E-state index contributed by atoms with van der Waals surface area (Å²) in [6.45, 7) is 4.50. The Kier molecular flexibility index (Phi) is 9.52. The molecule has 5 heteroatoms. The smallest absolute Gasteiger partial charge is 0.432 e. The van der Waals surface area contributed by atoms with Crippen LogP contribution >= 0.6 is 0 Å². The molecule has 1 rings (SSSR count). The van der Waals surface area contributed by atoms with Crippen molar-refractivity contribution in [3.05, 3.63) is 35.4 Å². The van der Waals surface area contributed by atoms with Gasteiger partial charge in [0.2, 0.25) is 0 Å². The quantitative estimate of drug-likeness (QED) is 0.282. The highest BCUT2D eigenvalue weighted by Crippen LogP contribution is 2.09. The van der Waals surface area contributed by atoms with E-state index in [0.29, 0.717) is 5.56 Å². The first-order chi connectivity index (χ1) is 11.2. The number of rotatable bonds is 9. The van der Waals surface area contributed by atoms with Gasteiger partial charge in [-0.25, -0.2) is 14.6 Å². The predicted octanol–water partition coefficient (Wildman–Crippen LogP) is 4.83. The molecule has 0 amide bonds. The molecule has 1 aromatic carbocycles. The van der Waals surface area contributed by atoms with E-state index in [0.717, 1.165) is 50.5 Å². The summed E-state index contributed by atoms with van der Waals surface area (Å²) in [4.78, 5) is 31.8. The molecule has 0 fully saturated rings. The van der Waals surface area contributed by atoms with E-state index < -0.39 is 12.1 Å². The van der Waals surface area contributed by atoms with E-state index in [2.05, 4.69) is 23.6 Å². The molecule has 5 nitrogen and oxygen atoms in total. The average molecular weight is 322 g/mol. The summed E-state index contributed by atoms with van der Waals surface area (Å²) in [7, 11) is 0. The fourth-order valence-electron chi connectivity index (χ4n) is 2.02. The van der Waals surface area contributed by atoms with Crippen molar-refractivity contribution in [2.24, 2.45) is 0 Å². The number of hydrogen-bond donors (Lipinski definition) is 0.